The second kappa shape index (κ2) is 22.0. The van der Waals surface area contributed by atoms with E-state index in [9.17, 15) is 14.0 Å². The van der Waals surface area contributed by atoms with Crippen LogP contribution >= 0.6 is 0 Å². The number of carbonyl (C=O) groups is 2. The largest absolute Gasteiger partial charge is 0.381 e. The van der Waals surface area contributed by atoms with Crippen molar-refractivity contribution in [3.63, 3.8) is 0 Å². The Kier molecular flexibility index (Phi) is 19.5. The number of aryl methyl sites for hydroxylation is 1. The summed E-state index contributed by atoms with van der Waals surface area (Å²) in [5, 5.41) is 0. The van der Waals surface area contributed by atoms with E-state index in [0.717, 1.165) is 64.6 Å². The molecule has 0 radical (unpaired) electrons. The van der Waals surface area contributed by atoms with Gasteiger partial charge in [0.2, 0.25) is 12.3 Å². The van der Waals surface area contributed by atoms with Gasteiger partial charge in [0.05, 0.1) is 0 Å². The van der Waals surface area contributed by atoms with Crippen molar-refractivity contribution in [2.45, 2.75) is 77.4 Å². The Balaban J connectivity index is 0.000000318. The Hall–Kier alpha value is -2.71. The van der Waals surface area contributed by atoms with E-state index in [1.54, 1.807) is 12.4 Å². The van der Waals surface area contributed by atoms with Crippen molar-refractivity contribution in [3.05, 3.63) is 61.5 Å². The lowest BCUT2D eigenvalue weighted by atomic mass is 9.88. The number of hydrogen-bond donors (Lipinski definition) is 1. The molecular weight excluding hydrogens is 519 g/mol. The van der Waals surface area contributed by atoms with Crippen LogP contribution in [0, 0.1) is 11.8 Å². The van der Waals surface area contributed by atoms with E-state index in [0.29, 0.717) is 31.7 Å². The SMILES string of the molecule is C=CN(C=C)CCCc1ccccc1.CC(C)N(C=O)CCN(C)CC1CCOCC1.NC(=O)C1CCC(F)CC1. The van der Waals surface area contributed by atoms with Gasteiger partial charge in [-0.1, -0.05) is 43.5 Å². The molecule has 1 aromatic rings. The van der Waals surface area contributed by atoms with E-state index < -0.39 is 6.17 Å². The number of nitrogens with two attached hydrogens (primary N) is 1. The number of alkyl halides is 1. The molecule has 8 heteroatoms. The summed E-state index contributed by atoms with van der Waals surface area (Å²) in [4.78, 5) is 27.6. The van der Waals surface area contributed by atoms with Gasteiger partial charge in [0.15, 0.2) is 0 Å². The Morgan fingerprint density at radius 2 is 1.63 bits per heavy atom. The van der Waals surface area contributed by atoms with Crippen molar-refractivity contribution in [3.8, 4) is 0 Å². The summed E-state index contributed by atoms with van der Waals surface area (Å²) in [6.07, 6.45) is 10.7. The maximum atomic E-state index is 12.5. The third kappa shape index (κ3) is 17.0. The van der Waals surface area contributed by atoms with Gasteiger partial charge in [0.1, 0.15) is 6.17 Å². The summed E-state index contributed by atoms with van der Waals surface area (Å²) >= 11 is 0. The van der Waals surface area contributed by atoms with Crippen molar-refractivity contribution in [1.29, 1.82) is 0 Å². The van der Waals surface area contributed by atoms with Crippen LogP contribution in [0.25, 0.3) is 0 Å². The molecule has 2 fully saturated rings. The zero-order chi connectivity index (χ0) is 30.5. The summed E-state index contributed by atoms with van der Waals surface area (Å²) < 4.78 is 17.8. The minimum Gasteiger partial charge on any atom is -0.381 e. The van der Waals surface area contributed by atoms with E-state index >= 15 is 0 Å². The smallest absolute Gasteiger partial charge is 0.220 e. The highest BCUT2D eigenvalue weighted by Crippen LogP contribution is 2.25. The van der Waals surface area contributed by atoms with Gasteiger partial charge in [0, 0.05) is 51.4 Å². The Morgan fingerprint density at radius 1 is 1.02 bits per heavy atom. The van der Waals surface area contributed by atoms with E-state index in [1.807, 2.05) is 29.7 Å². The van der Waals surface area contributed by atoms with Gasteiger partial charge < -0.3 is 25.2 Å². The summed E-state index contributed by atoms with van der Waals surface area (Å²) in [7, 11) is 2.14. The minimum absolute atomic E-state index is 0.0630. The number of amides is 2. The van der Waals surface area contributed by atoms with Crippen molar-refractivity contribution in [2.24, 2.45) is 17.6 Å². The van der Waals surface area contributed by atoms with Crippen molar-refractivity contribution in [2.75, 3.05) is 46.4 Å². The summed E-state index contributed by atoms with van der Waals surface area (Å²) in [5.74, 6) is 0.427. The zero-order valence-electron chi connectivity index (χ0n) is 25.8. The quantitative estimate of drug-likeness (QED) is 0.300. The van der Waals surface area contributed by atoms with Crippen LogP contribution < -0.4 is 5.73 Å². The van der Waals surface area contributed by atoms with Gasteiger partial charge >= 0.3 is 0 Å². The minimum atomic E-state index is -0.699. The van der Waals surface area contributed by atoms with Gasteiger partial charge in [-0.15, -0.1) is 0 Å². The fourth-order valence-corrected chi connectivity index (χ4v) is 4.88. The Bertz CT molecular complexity index is 832. The molecule has 1 saturated heterocycles. The Labute approximate surface area is 248 Å². The lowest BCUT2D eigenvalue weighted by Gasteiger charge is -2.29. The van der Waals surface area contributed by atoms with Gasteiger partial charge in [-0.2, -0.15) is 0 Å². The molecular formula is C33H55FN4O3. The van der Waals surface area contributed by atoms with Crippen LogP contribution in [0.3, 0.4) is 0 Å². The molecule has 41 heavy (non-hydrogen) atoms. The topological polar surface area (TPSA) is 79.1 Å². The van der Waals surface area contributed by atoms with Gasteiger partial charge in [-0.25, -0.2) is 4.39 Å². The molecule has 1 aliphatic carbocycles. The van der Waals surface area contributed by atoms with E-state index in [-0.39, 0.29) is 11.8 Å². The summed E-state index contributed by atoms with van der Waals surface area (Å²) in [5.41, 5.74) is 6.44. The highest BCUT2D eigenvalue weighted by atomic mass is 19.1. The van der Waals surface area contributed by atoms with E-state index in [1.165, 1.54) is 18.4 Å². The fourth-order valence-electron chi connectivity index (χ4n) is 4.88. The average Bonchev–Trinajstić information content (AvgIpc) is 2.97. The molecule has 1 saturated carbocycles. The molecule has 0 bridgehead atoms. The van der Waals surface area contributed by atoms with Crippen LogP contribution in [0.5, 0.6) is 0 Å². The van der Waals surface area contributed by atoms with Crippen LogP contribution in [0.1, 0.15) is 64.4 Å². The van der Waals surface area contributed by atoms with Crippen molar-refractivity contribution >= 4 is 12.3 Å². The molecule has 2 N–H and O–H groups in total. The van der Waals surface area contributed by atoms with Gasteiger partial charge in [-0.3, -0.25) is 9.59 Å². The molecule has 0 atom stereocenters. The second-order valence-corrected chi connectivity index (χ2v) is 11.3. The normalized spacial score (nSPS) is 18.8. The molecule has 232 valence electrons. The Morgan fingerprint density at radius 3 is 2.15 bits per heavy atom. The lowest BCUT2D eigenvalue weighted by molar-refractivity contribution is -0.123. The first kappa shape index (κ1) is 36.3. The number of rotatable bonds is 14. The predicted octanol–water partition coefficient (Wildman–Crippen LogP) is 5.42. The van der Waals surface area contributed by atoms with Crippen LogP contribution in [-0.4, -0.2) is 85.7 Å². The van der Waals surface area contributed by atoms with Crippen LogP contribution in [0.2, 0.25) is 0 Å². The zero-order valence-corrected chi connectivity index (χ0v) is 25.8. The molecule has 0 aromatic heterocycles. The maximum absolute atomic E-state index is 12.5. The summed E-state index contributed by atoms with van der Waals surface area (Å²) in [6, 6.07) is 10.8. The number of primary amides is 1. The number of halogens is 1. The van der Waals surface area contributed by atoms with Crippen molar-refractivity contribution in [1.82, 2.24) is 14.7 Å². The molecule has 2 amide bonds. The van der Waals surface area contributed by atoms with Crippen LogP contribution in [0.15, 0.2) is 55.9 Å². The standard InChI is InChI=1S/C13H26N2O2.C13H17N.C7H12FNO/c1-12(2)15(11-16)7-6-14(3)10-13-4-8-17-9-5-13;1-3-14(4-2)12-8-11-13-9-6-5-7-10-13;8-6-3-1-5(2-4-6)7(9)10/h11-13H,4-10H2,1-3H3;3-7,9-10H,1-2,8,11-12H2;5-6H,1-4H2,(H2,9,10). The molecule has 1 aliphatic heterocycles. The van der Waals surface area contributed by atoms with Crippen LogP contribution in [-0.2, 0) is 20.7 Å². The number of benzene rings is 1. The molecule has 1 aromatic carbocycles. The molecule has 0 unspecified atom stereocenters. The highest BCUT2D eigenvalue weighted by molar-refractivity contribution is 5.76. The molecule has 0 spiro atoms. The lowest BCUT2D eigenvalue weighted by Crippen LogP contribution is -2.38. The summed E-state index contributed by atoms with van der Waals surface area (Å²) in [6.45, 7) is 17.2. The molecule has 1 heterocycles. The molecule has 7 nitrogen and oxygen atoms in total. The number of hydrogen-bond acceptors (Lipinski definition) is 5. The van der Waals surface area contributed by atoms with E-state index in [4.69, 9.17) is 10.5 Å². The molecule has 3 rings (SSSR count). The van der Waals surface area contributed by atoms with Gasteiger partial charge in [0.25, 0.3) is 0 Å². The first-order chi connectivity index (χ1) is 19.7. The maximum Gasteiger partial charge on any atom is 0.220 e. The van der Waals surface area contributed by atoms with Crippen molar-refractivity contribution < 1.29 is 18.7 Å². The van der Waals surface area contributed by atoms with E-state index in [2.05, 4.69) is 49.4 Å². The first-order valence-corrected chi connectivity index (χ1v) is 15.2. The highest BCUT2D eigenvalue weighted by Gasteiger charge is 2.23. The number of likely N-dealkylation sites (N-methyl/N-ethyl adjacent to an activating group) is 1. The predicted molar refractivity (Wildman–Crippen MR) is 167 cm³/mol. The third-order valence-electron chi connectivity index (χ3n) is 7.70. The average molecular weight is 575 g/mol. The fraction of sp³-hybridized carbons (Fsp3) is 0.636. The number of carbonyl (C=O) groups excluding carboxylic acids is 2. The number of nitrogens with zero attached hydrogens (tertiary/aromatic N) is 3. The second-order valence-electron chi connectivity index (χ2n) is 11.3. The van der Waals surface area contributed by atoms with Crippen LogP contribution in [0.4, 0.5) is 4.39 Å². The van der Waals surface area contributed by atoms with Gasteiger partial charge in [-0.05, 0) is 96.1 Å². The number of ether oxygens (including phenoxy) is 1. The monoisotopic (exact) mass is 574 g/mol. The third-order valence-corrected chi connectivity index (χ3v) is 7.70. The molecule has 2 aliphatic rings. The first-order valence-electron chi connectivity index (χ1n) is 15.2.